The Kier molecular flexibility index (Phi) is 5.39. The third kappa shape index (κ3) is 4.40. The summed E-state index contributed by atoms with van der Waals surface area (Å²) < 4.78 is 12.3. The van der Waals surface area contributed by atoms with Crippen LogP contribution in [0.15, 0.2) is 23.4 Å². The van der Waals surface area contributed by atoms with E-state index in [0.29, 0.717) is 28.9 Å². The molecule has 1 unspecified atom stereocenters. The van der Waals surface area contributed by atoms with Crippen LogP contribution in [0.2, 0.25) is 0 Å². The van der Waals surface area contributed by atoms with Crippen molar-refractivity contribution < 1.29 is 14.3 Å². The van der Waals surface area contributed by atoms with Crippen molar-refractivity contribution in [2.24, 2.45) is 0 Å². The first-order valence-electron chi connectivity index (χ1n) is 7.81. The summed E-state index contributed by atoms with van der Waals surface area (Å²) in [6.45, 7) is 3.50. The van der Waals surface area contributed by atoms with Crippen LogP contribution in [0.5, 0.6) is 11.5 Å². The third-order valence-corrected chi connectivity index (χ3v) is 4.62. The van der Waals surface area contributed by atoms with Crippen LogP contribution in [0.4, 0.5) is 5.69 Å². The molecule has 1 atom stereocenters. The Morgan fingerprint density at radius 3 is 3.00 bits per heavy atom. The van der Waals surface area contributed by atoms with Crippen LogP contribution in [0.1, 0.15) is 6.92 Å². The Morgan fingerprint density at radius 2 is 2.20 bits per heavy atom. The summed E-state index contributed by atoms with van der Waals surface area (Å²) in [5.41, 5.74) is 0.661. The zero-order valence-corrected chi connectivity index (χ0v) is 15.1. The fraction of sp³-hybridized carbons (Fsp3) is 0.467. The second-order valence-corrected chi connectivity index (χ2v) is 7.11. The van der Waals surface area contributed by atoms with Crippen molar-refractivity contribution >= 4 is 23.4 Å². The highest BCUT2D eigenvalue weighted by Crippen LogP contribution is 2.34. The highest BCUT2D eigenvalue weighted by molar-refractivity contribution is 8.00. The molecule has 9 nitrogen and oxygen atoms in total. The zero-order chi connectivity index (χ0) is 17.8. The molecular formula is C15H20N6O3S. The number of rotatable bonds is 7. The average Bonchev–Trinajstić information content (AvgIpc) is 3.21. The number of benzene rings is 1. The molecule has 134 valence electrons. The van der Waals surface area contributed by atoms with Gasteiger partial charge in [0.1, 0.15) is 0 Å². The number of nitrogens with zero attached hydrogens (tertiary/aromatic N) is 5. The molecular weight excluding hydrogens is 344 g/mol. The molecule has 1 aliphatic heterocycles. The normalized spacial score (nSPS) is 13.9. The van der Waals surface area contributed by atoms with Gasteiger partial charge in [0.2, 0.25) is 17.9 Å². The van der Waals surface area contributed by atoms with E-state index in [0.717, 1.165) is 6.54 Å². The van der Waals surface area contributed by atoms with Crippen LogP contribution in [-0.2, 0) is 11.3 Å². The lowest BCUT2D eigenvalue weighted by Gasteiger charge is -2.13. The minimum atomic E-state index is -0.352. The number of tetrazole rings is 1. The molecule has 0 fully saturated rings. The van der Waals surface area contributed by atoms with Gasteiger partial charge in [0.25, 0.3) is 0 Å². The molecule has 0 bridgehead atoms. The monoisotopic (exact) mass is 364 g/mol. The summed E-state index contributed by atoms with van der Waals surface area (Å²) in [7, 11) is 3.97. The maximum Gasteiger partial charge on any atom is 0.237 e. The van der Waals surface area contributed by atoms with Crippen LogP contribution in [0.3, 0.4) is 0 Å². The average molecular weight is 364 g/mol. The van der Waals surface area contributed by atoms with Crippen molar-refractivity contribution in [2.45, 2.75) is 23.9 Å². The Bertz CT molecular complexity index is 751. The molecule has 1 aliphatic rings. The third-order valence-electron chi connectivity index (χ3n) is 3.55. The van der Waals surface area contributed by atoms with E-state index >= 15 is 0 Å². The SMILES string of the molecule is CC(Sc1nnnn1CCN(C)C)C(=O)Nc1ccc2c(c1)OCO2. The fourth-order valence-corrected chi connectivity index (χ4v) is 2.96. The van der Waals surface area contributed by atoms with Crippen LogP contribution in [0, 0.1) is 0 Å². The summed E-state index contributed by atoms with van der Waals surface area (Å²) in [6.07, 6.45) is 0. The van der Waals surface area contributed by atoms with Gasteiger partial charge in [0.15, 0.2) is 11.5 Å². The molecule has 1 amide bonds. The lowest BCUT2D eigenvalue weighted by Crippen LogP contribution is -2.24. The topological polar surface area (TPSA) is 94.4 Å². The molecule has 0 radical (unpaired) electrons. The number of amides is 1. The molecule has 0 aliphatic carbocycles. The van der Waals surface area contributed by atoms with Crippen molar-refractivity contribution in [3.05, 3.63) is 18.2 Å². The van der Waals surface area contributed by atoms with Gasteiger partial charge in [0, 0.05) is 18.3 Å². The van der Waals surface area contributed by atoms with Gasteiger partial charge >= 0.3 is 0 Å². The predicted octanol–water partition coefficient (Wildman–Crippen LogP) is 1.08. The molecule has 0 saturated heterocycles. The highest BCUT2D eigenvalue weighted by atomic mass is 32.2. The molecule has 1 aromatic carbocycles. The zero-order valence-electron chi connectivity index (χ0n) is 14.3. The molecule has 2 aromatic rings. The van der Waals surface area contributed by atoms with Gasteiger partial charge in [0.05, 0.1) is 11.8 Å². The summed E-state index contributed by atoms with van der Waals surface area (Å²) >= 11 is 1.32. The minimum absolute atomic E-state index is 0.133. The first-order valence-corrected chi connectivity index (χ1v) is 8.69. The van der Waals surface area contributed by atoms with E-state index in [2.05, 4.69) is 20.8 Å². The van der Waals surface area contributed by atoms with Gasteiger partial charge in [-0.25, -0.2) is 4.68 Å². The van der Waals surface area contributed by atoms with Crippen LogP contribution in [0.25, 0.3) is 0 Å². The molecule has 2 heterocycles. The quantitative estimate of drug-likeness (QED) is 0.730. The maximum atomic E-state index is 12.4. The van der Waals surface area contributed by atoms with Gasteiger partial charge in [-0.15, -0.1) is 5.10 Å². The Morgan fingerprint density at radius 1 is 1.40 bits per heavy atom. The minimum Gasteiger partial charge on any atom is -0.454 e. The number of anilines is 1. The number of aromatic nitrogens is 4. The molecule has 25 heavy (non-hydrogen) atoms. The molecule has 10 heteroatoms. The Labute approximate surface area is 149 Å². The van der Waals surface area contributed by atoms with E-state index in [9.17, 15) is 4.79 Å². The molecule has 0 spiro atoms. The number of carbonyl (C=O) groups is 1. The summed E-state index contributed by atoms with van der Waals surface area (Å²) in [6, 6.07) is 5.31. The molecule has 3 rings (SSSR count). The number of thioether (sulfide) groups is 1. The Hall–Kier alpha value is -2.33. The van der Waals surface area contributed by atoms with Crippen LogP contribution < -0.4 is 14.8 Å². The lowest BCUT2D eigenvalue weighted by molar-refractivity contribution is -0.115. The van der Waals surface area contributed by atoms with Crippen molar-refractivity contribution in [2.75, 3.05) is 32.7 Å². The molecule has 1 N–H and O–H groups in total. The number of hydrogen-bond acceptors (Lipinski definition) is 8. The van der Waals surface area contributed by atoms with Crippen LogP contribution in [-0.4, -0.2) is 63.7 Å². The van der Waals surface area contributed by atoms with Gasteiger partial charge in [-0.3, -0.25) is 4.79 Å². The van der Waals surface area contributed by atoms with Gasteiger partial charge in [-0.05, 0) is 43.6 Å². The highest BCUT2D eigenvalue weighted by Gasteiger charge is 2.20. The van der Waals surface area contributed by atoms with Crippen LogP contribution >= 0.6 is 11.8 Å². The van der Waals surface area contributed by atoms with E-state index in [1.165, 1.54) is 11.8 Å². The fourth-order valence-electron chi connectivity index (χ4n) is 2.15. The van der Waals surface area contributed by atoms with Gasteiger partial charge < -0.3 is 19.7 Å². The molecule has 0 saturated carbocycles. The van der Waals surface area contributed by atoms with E-state index in [1.54, 1.807) is 22.9 Å². The first-order chi connectivity index (χ1) is 12.0. The summed E-state index contributed by atoms with van der Waals surface area (Å²) in [5, 5.41) is 14.8. The van der Waals surface area contributed by atoms with E-state index in [4.69, 9.17) is 9.47 Å². The standard InChI is InChI=1S/C15H20N6O3S/c1-10(25-15-17-18-19-21(15)7-6-20(2)3)14(22)16-11-4-5-12-13(8-11)24-9-23-12/h4-5,8,10H,6-7,9H2,1-3H3,(H,16,22). The maximum absolute atomic E-state index is 12.4. The van der Waals surface area contributed by atoms with Gasteiger partial charge in [-0.1, -0.05) is 11.8 Å². The second-order valence-electron chi connectivity index (χ2n) is 5.81. The number of nitrogens with one attached hydrogen (secondary N) is 1. The molecule has 1 aromatic heterocycles. The van der Waals surface area contributed by atoms with Crippen molar-refractivity contribution in [3.8, 4) is 11.5 Å². The second kappa shape index (κ2) is 7.70. The van der Waals surface area contributed by atoms with Crippen molar-refractivity contribution in [1.82, 2.24) is 25.1 Å². The summed E-state index contributed by atoms with van der Waals surface area (Å²) in [4.78, 5) is 14.5. The lowest BCUT2D eigenvalue weighted by atomic mass is 10.2. The van der Waals surface area contributed by atoms with E-state index in [1.807, 2.05) is 25.9 Å². The van der Waals surface area contributed by atoms with E-state index in [-0.39, 0.29) is 18.0 Å². The number of ether oxygens (including phenoxy) is 2. The Balaban J connectivity index is 1.59. The smallest absolute Gasteiger partial charge is 0.237 e. The number of likely N-dealkylation sites (N-methyl/N-ethyl adjacent to an activating group) is 1. The van der Waals surface area contributed by atoms with E-state index < -0.39 is 0 Å². The van der Waals surface area contributed by atoms with Crippen molar-refractivity contribution in [1.29, 1.82) is 0 Å². The van der Waals surface area contributed by atoms with Gasteiger partial charge in [-0.2, -0.15) is 0 Å². The number of hydrogen-bond donors (Lipinski definition) is 1. The summed E-state index contributed by atoms with van der Waals surface area (Å²) in [5.74, 6) is 1.18. The number of carbonyl (C=O) groups excluding carboxylic acids is 1. The largest absolute Gasteiger partial charge is 0.454 e. The predicted molar refractivity (Wildman–Crippen MR) is 92.9 cm³/mol. The van der Waals surface area contributed by atoms with Crippen molar-refractivity contribution in [3.63, 3.8) is 0 Å². The first kappa shape index (κ1) is 17.5. The number of fused-ring (bicyclic) bond motifs is 1.